The summed E-state index contributed by atoms with van der Waals surface area (Å²) in [5.74, 6) is 1.77. The lowest BCUT2D eigenvalue weighted by molar-refractivity contribution is 0.0387. The van der Waals surface area contributed by atoms with Crippen molar-refractivity contribution in [1.82, 2.24) is 10.2 Å². The largest absolute Gasteiger partial charge is 0.311 e. The highest BCUT2D eigenvalue weighted by Crippen LogP contribution is 2.30. The average Bonchev–Trinajstić information content (AvgIpc) is 2.83. The molecule has 18 heavy (non-hydrogen) atoms. The molecule has 2 atom stereocenters. The van der Waals surface area contributed by atoms with Crippen LogP contribution in [-0.2, 0) is 0 Å². The highest BCUT2D eigenvalue weighted by molar-refractivity contribution is 4.95. The highest BCUT2D eigenvalue weighted by atomic mass is 15.3. The summed E-state index contributed by atoms with van der Waals surface area (Å²) in [7, 11) is 0. The van der Waals surface area contributed by atoms with Gasteiger partial charge in [-0.3, -0.25) is 4.90 Å². The lowest BCUT2D eigenvalue weighted by Crippen LogP contribution is -2.63. The zero-order chi connectivity index (χ0) is 13.2. The van der Waals surface area contributed by atoms with Crippen LogP contribution in [0.5, 0.6) is 0 Å². The van der Waals surface area contributed by atoms with Crippen molar-refractivity contribution < 1.29 is 0 Å². The van der Waals surface area contributed by atoms with Gasteiger partial charge in [-0.05, 0) is 38.5 Å². The van der Waals surface area contributed by atoms with Gasteiger partial charge in [0, 0.05) is 31.2 Å². The van der Waals surface area contributed by atoms with Gasteiger partial charge in [-0.2, -0.15) is 0 Å². The first-order chi connectivity index (χ1) is 8.53. The number of nitrogens with zero attached hydrogens (tertiary/aromatic N) is 1. The molecule has 1 aliphatic carbocycles. The second kappa shape index (κ2) is 5.92. The van der Waals surface area contributed by atoms with E-state index in [0.29, 0.717) is 11.6 Å². The van der Waals surface area contributed by atoms with Crippen molar-refractivity contribution in [3.63, 3.8) is 0 Å². The van der Waals surface area contributed by atoms with Gasteiger partial charge in [-0.15, -0.1) is 0 Å². The minimum absolute atomic E-state index is 0.340. The normalized spacial score (nSPS) is 31.7. The Morgan fingerprint density at radius 2 is 1.94 bits per heavy atom. The molecule has 1 saturated carbocycles. The Labute approximate surface area is 114 Å². The summed E-state index contributed by atoms with van der Waals surface area (Å²) in [5, 5.41) is 3.77. The van der Waals surface area contributed by atoms with Crippen molar-refractivity contribution in [2.75, 3.05) is 19.6 Å². The van der Waals surface area contributed by atoms with Crippen LogP contribution in [-0.4, -0.2) is 36.1 Å². The Hall–Kier alpha value is -0.0800. The summed E-state index contributed by atoms with van der Waals surface area (Å²) in [6.07, 6.45) is 7.15. The monoisotopic (exact) mass is 252 g/mol. The van der Waals surface area contributed by atoms with Crippen LogP contribution in [0.2, 0.25) is 0 Å². The summed E-state index contributed by atoms with van der Waals surface area (Å²) in [4.78, 5) is 2.77. The predicted octanol–water partition coefficient (Wildman–Crippen LogP) is 3.28. The molecule has 1 saturated heterocycles. The molecule has 0 amide bonds. The fourth-order valence-corrected chi connectivity index (χ4v) is 3.53. The van der Waals surface area contributed by atoms with Crippen molar-refractivity contribution in [2.45, 2.75) is 71.4 Å². The lowest BCUT2D eigenvalue weighted by atomic mass is 9.89. The fraction of sp³-hybridized carbons (Fsp3) is 1.00. The SMILES string of the molecule is CCC(C)C1CN(CC2CCCC2)C(C)(C)CN1. The van der Waals surface area contributed by atoms with Crippen molar-refractivity contribution >= 4 is 0 Å². The average molecular weight is 252 g/mol. The molecule has 0 radical (unpaired) electrons. The Kier molecular flexibility index (Phi) is 4.71. The van der Waals surface area contributed by atoms with Gasteiger partial charge in [0.1, 0.15) is 0 Å². The maximum absolute atomic E-state index is 3.77. The van der Waals surface area contributed by atoms with Crippen molar-refractivity contribution in [1.29, 1.82) is 0 Å². The zero-order valence-electron chi connectivity index (χ0n) is 12.8. The minimum Gasteiger partial charge on any atom is -0.311 e. The van der Waals surface area contributed by atoms with E-state index in [0.717, 1.165) is 18.4 Å². The maximum atomic E-state index is 3.77. The Balaban J connectivity index is 1.94. The standard InChI is InChI=1S/C16H32N2/c1-5-13(2)15-11-18(16(3,4)12-17-15)10-14-8-6-7-9-14/h13-15,17H,5-12H2,1-4H3. The summed E-state index contributed by atoms with van der Waals surface area (Å²) >= 11 is 0. The van der Waals surface area contributed by atoms with E-state index in [1.54, 1.807) is 0 Å². The second-order valence-corrected chi connectivity index (χ2v) is 7.24. The predicted molar refractivity (Wildman–Crippen MR) is 78.9 cm³/mol. The van der Waals surface area contributed by atoms with Crippen molar-refractivity contribution in [3.8, 4) is 0 Å². The minimum atomic E-state index is 0.340. The third-order valence-corrected chi connectivity index (χ3v) is 5.35. The van der Waals surface area contributed by atoms with E-state index >= 15 is 0 Å². The van der Waals surface area contributed by atoms with E-state index in [1.165, 1.54) is 45.2 Å². The number of rotatable bonds is 4. The van der Waals surface area contributed by atoms with Crippen LogP contribution in [0.15, 0.2) is 0 Å². The molecular formula is C16H32N2. The molecule has 0 aromatic carbocycles. The summed E-state index contributed by atoms with van der Waals surface area (Å²) in [6, 6.07) is 0.699. The van der Waals surface area contributed by atoms with Gasteiger partial charge in [0.15, 0.2) is 0 Å². The quantitative estimate of drug-likeness (QED) is 0.826. The molecule has 2 aliphatic rings. The van der Waals surface area contributed by atoms with Gasteiger partial charge in [0.05, 0.1) is 0 Å². The van der Waals surface area contributed by atoms with E-state index in [4.69, 9.17) is 0 Å². The molecule has 2 fully saturated rings. The third kappa shape index (κ3) is 3.27. The summed E-state index contributed by atoms with van der Waals surface area (Å²) in [6.45, 7) is 13.2. The van der Waals surface area contributed by atoms with Crippen molar-refractivity contribution in [3.05, 3.63) is 0 Å². The van der Waals surface area contributed by atoms with Gasteiger partial charge >= 0.3 is 0 Å². The Morgan fingerprint density at radius 1 is 1.28 bits per heavy atom. The molecular weight excluding hydrogens is 220 g/mol. The Morgan fingerprint density at radius 3 is 2.56 bits per heavy atom. The Bertz CT molecular complexity index is 256. The van der Waals surface area contributed by atoms with E-state index in [1.807, 2.05) is 0 Å². The van der Waals surface area contributed by atoms with Gasteiger partial charge in [0.2, 0.25) is 0 Å². The molecule has 0 bridgehead atoms. The highest BCUT2D eigenvalue weighted by Gasteiger charge is 2.36. The van der Waals surface area contributed by atoms with Gasteiger partial charge in [-0.25, -0.2) is 0 Å². The van der Waals surface area contributed by atoms with E-state index < -0.39 is 0 Å². The summed E-state index contributed by atoms with van der Waals surface area (Å²) in [5.41, 5.74) is 0.340. The van der Waals surface area contributed by atoms with Crippen LogP contribution in [0.4, 0.5) is 0 Å². The van der Waals surface area contributed by atoms with Gasteiger partial charge in [0.25, 0.3) is 0 Å². The van der Waals surface area contributed by atoms with Crippen molar-refractivity contribution in [2.24, 2.45) is 11.8 Å². The van der Waals surface area contributed by atoms with Crippen LogP contribution in [0.3, 0.4) is 0 Å². The molecule has 2 nitrogen and oxygen atoms in total. The number of hydrogen-bond acceptors (Lipinski definition) is 2. The smallest absolute Gasteiger partial charge is 0.0278 e. The molecule has 0 spiro atoms. The van der Waals surface area contributed by atoms with Gasteiger partial charge in [-0.1, -0.05) is 33.1 Å². The molecule has 0 aromatic heterocycles. The lowest BCUT2D eigenvalue weighted by Gasteiger charge is -2.48. The van der Waals surface area contributed by atoms with Crippen LogP contribution in [0.1, 0.15) is 59.8 Å². The van der Waals surface area contributed by atoms with Gasteiger partial charge < -0.3 is 5.32 Å². The van der Waals surface area contributed by atoms with E-state index in [9.17, 15) is 0 Å². The molecule has 0 aromatic rings. The van der Waals surface area contributed by atoms with Crippen LogP contribution in [0.25, 0.3) is 0 Å². The molecule has 2 heteroatoms. The number of piperazine rings is 1. The molecule has 106 valence electrons. The van der Waals surface area contributed by atoms with Crippen LogP contribution >= 0.6 is 0 Å². The van der Waals surface area contributed by atoms with Crippen LogP contribution < -0.4 is 5.32 Å². The first-order valence-electron chi connectivity index (χ1n) is 8.01. The first-order valence-corrected chi connectivity index (χ1v) is 8.01. The fourth-order valence-electron chi connectivity index (χ4n) is 3.53. The summed E-state index contributed by atoms with van der Waals surface area (Å²) < 4.78 is 0. The molecule has 2 rings (SSSR count). The molecule has 1 aliphatic heterocycles. The number of nitrogens with one attached hydrogen (secondary N) is 1. The molecule has 1 N–H and O–H groups in total. The van der Waals surface area contributed by atoms with E-state index in [-0.39, 0.29) is 0 Å². The van der Waals surface area contributed by atoms with E-state index in [2.05, 4.69) is 37.9 Å². The van der Waals surface area contributed by atoms with Crippen LogP contribution in [0, 0.1) is 11.8 Å². The first kappa shape index (κ1) is 14.3. The molecule has 1 heterocycles. The second-order valence-electron chi connectivity index (χ2n) is 7.24. The maximum Gasteiger partial charge on any atom is 0.0278 e. The number of hydrogen-bond donors (Lipinski definition) is 1. The molecule has 2 unspecified atom stereocenters. The topological polar surface area (TPSA) is 15.3 Å². The third-order valence-electron chi connectivity index (χ3n) is 5.35. The zero-order valence-corrected chi connectivity index (χ0v) is 12.8.